The smallest absolute Gasteiger partial charge is 0.294 e. The van der Waals surface area contributed by atoms with Gasteiger partial charge in [0.15, 0.2) is 5.54 Å². The normalized spacial score (nSPS) is 25.2. The van der Waals surface area contributed by atoms with E-state index in [1.807, 2.05) is 41.5 Å². The van der Waals surface area contributed by atoms with Crippen LogP contribution in [-0.2, 0) is 0 Å². The molecule has 75 valence electrons. The van der Waals surface area contributed by atoms with Gasteiger partial charge in [0.05, 0.1) is 5.92 Å². The molecular formula is C10H19N2O. The molecule has 0 atom stereocenters. The van der Waals surface area contributed by atoms with E-state index in [4.69, 9.17) is 0 Å². The quantitative estimate of drug-likeness (QED) is 0.451. The third kappa shape index (κ3) is 1.30. The highest BCUT2D eigenvalue weighted by Gasteiger charge is 2.55. The Bertz CT molecular complexity index is 252. The van der Waals surface area contributed by atoms with Crippen molar-refractivity contribution >= 4 is 5.84 Å². The fourth-order valence-electron chi connectivity index (χ4n) is 1.37. The van der Waals surface area contributed by atoms with Crippen LogP contribution in [0.5, 0.6) is 0 Å². The van der Waals surface area contributed by atoms with E-state index in [9.17, 15) is 5.21 Å². The second-order valence-electron chi connectivity index (χ2n) is 5.04. The Balaban J connectivity index is 3.11. The van der Waals surface area contributed by atoms with E-state index in [-0.39, 0.29) is 11.5 Å². The van der Waals surface area contributed by atoms with Gasteiger partial charge in [0.2, 0.25) is 0 Å². The van der Waals surface area contributed by atoms with Crippen molar-refractivity contribution in [1.82, 2.24) is 5.32 Å². The number of amidine groups is 1. The molecule has 1 aliphatic rings. The van der Waals surface area contributed by atoms with Crippen LogP contribution >= 0.6 is 0 Å². The Morgan fingerprint density at radius 1 is 1.23 bits per heavy atom. The highest BCUT2D eigenvalue weighted by atomic mass is 16.5. The largest absolute Gasteiger partial charge is 0.715 e. The third-order valence-electron chi connectivity index (χ3n) is 3.12. The van der Waals surface area contributed by atoms with E-state index in [1.54, 1.807) is 0 Å². The Morgan fingerprint density at radius 3 is 1.85 bits per heavy atom. The zero-order valence-corrected chi connectivity index (χ0v) is 9.38. The summed E-state index contributed by atoms with van der Waals surface area (Å²) in [6, 6.07) is 0. The monoisotopic (exact) mass is 183 g/mol. The lowest BCUT2D eigenvalue weighted by Gasteiger charge is -2.30. The van der Waals surface area contributed by atoms with Crippen LogP contribution in [0.4, 0.5) is 0 Å². The Kier molecular flexibility index (Phi) is 2.09. The maximum Gasteiger partial charge on any atom is 0.294 e. The van der Waals surface area contributed by atoms with Gasteiger partial charge in [0.1, 0.15) is 5.54 Å². The second-order valence-corrected chi connectivity index (χ2v) is 5.04. The molecular weight excluding hydrogens is 164 g/mol. The van der Waals surface area contributed by atoms with Crippen molar-refractivity contribution in [3.63, 3.8) is 0 Å². The van der Waals surface area contributed by atoms with E-state index < -0.39 is 5.54 Å². The molecule has 1 radical (unpaired) electrons. The summed E-state index contributed by atoms with van der Waals surface area (Å²) in [7, 11) is 0. The zero-order chi connectivity index (χ0) is 10.4. The minimum absolute atomic E-state index is 0.207. The predicted octanol–water partition coefficient (Wildman–Crippen LogP) is 1.73. The van der Waals surface area contributed by atoms with Crippen molar-refractivity contribution in [2.75, 3.05) is 0 Å². The lowest BCUT2D eigenvalue weighted by molar-refractivity contribution is -0.541. The van der Waals surface area contributed by atoms with Gasteiger partial charge in [-0.3, -0.25) is 4.74 Å². The summed E-state index contributed by atoms with van der Waals surface area (Å²) in [5, 5.41) is 16.4. The second kappa shape index (κ2) is 2.63. The molecule has 0 N–H and O–H groups in total. The van der Waals surface area contributed by atoms with Crippen LogP contribution in [-0.4, -0.2) is 21.7 Å². The maximum atomic E-state index is 11.9. The summed E-state index contributed by atoms with van der Waals surface area (Å²) in [5.74, 6) is 0.883. The topological polar surface area (TPSA) is 40.2 Å². The van der Waals surface area contributed by atoms with Crippen molar-refractivity contribution in [2.24, 2.45) is 5.92 Å². The van der Waals surface area contributed by atoms with Gasteiger partial charge in [-0.05, 0) is 27.7 Å². The predicted molar refractivity (Wildman–Crippen MR) is 53.8 cm³/mol. The van der Waals surface area contributed by atoms with E-state index >= 15 is 0 Å². The number of hydrogen-bond acceptors (Lipinski definition) is 1. The zero-order valence-electron chi connectivity index (χ0n) is 9.38. The van der Waals surface area contributed by atoms with Crippen molar-refractivity contribution in [2.45, 2.75) is 52.6 Å². The molecule has 0 aromatic rings. The van der Waals surface area contributed by atoms with Gasteiger partial charge in [-0.25, -0.2) is 0 Å². The summed E-state index contributed by atoms with van der Waals surface area (Å²) in [5.41, 5.74) is -0.707. The minimum atomic E-state index is -0.424. The molecule has 3 heteroatoms. The molecule has 0 bridgehead atoms. The lowest BCUT2D eigenvalue weighted by Crippen LogP contribution is -2.50. The molecule has 1 aliphatic heterocycles. The van der Waals surface area contributed by atoms with Gasteiger partial charge in [0.25, 0.3) is 5.84 Å². The van der Waals surface area contributed by atoms with Crippen molar-refractivity contribution < 1.29 is 4.74 Å². The average Bonchev–Trinajstić information content (AvgIpc) is 2.11. The summed E-state index contributed by atoms with van der Waals surface area (Å²) in [4.78, 5) is 0. The van der Waals surface area contributed by atoms with Crippen LogP contribution in [0.2, 0.25) is 0 Å². The number of hydrogen-bond donors (Lipinski definition) is 0. The molecule has 1 heterocycles. The Morgan fingerprint density at radius 2 is 1.69 bits per heavy atom. The van der Waals surface area contributed by atoms with E-state index in [0.29, 0.717) is 5.84 Å². The minimum Gasteiger partial charge on any atom is -0.715 e. The maximum absolute atomic E-state index is 11.9. The molecule has 0 saturated carbocycles. The molecule has 0 saturated heterocycles. The molecule has 0 unspecified atom stereocenters. The van der Waals surface area contributed by atoms with Crippen LogP contribution in [0.1, 0.15) is 41.5 Å². The summed E-state index contributed by atoms with van der Waals surface area (Å²) in [6.45, 7) is 11.9. The van der Waals surface area contributed by atoms with Crippen LogP contribution in [0.3, 0.4) is 0 Å². The van der Waals surface area contributed by atoms with Crippen molar-refractivity contribution in [3.8, 4) is 0 Å². The standard InChI is InChI=1S/C10H19N2O/c1-7(2)8-11-9(3,4)10(5,6)12(8)13/h7H,1-6H3. The summed E-state index contributed by atoms with van der Waals surface area (Å²) < 4.78 is 1.07. The number of rotatable bonds is 1. The highest BCUT2D eigenvalue weighted by molar-refractivity contribution is 5.81. The van der Waals surface area contributed by atoms with Crippen LogP contribution < -0.4 is 5.32 Å². The van der Waals surface area contributed by atoms with Crippen molar-refractivity contribution in [3.05, 3.63) is 5.21 Å². The molecule has 0 spiro atoms. The fourth-order valence-corrected chi connectivity index (χ4v) is 1.37. The van der Waals surface area contributed by atoms with Gasteiger partial charge in [-0.15, -0.1) is 0 Å². The Labute approximate surface area is 80.4 Å². The van der Waals surface area contributed by atoms with Gasteiger partial charge >= 0.3 is 0 Å². The van der Waals surface area contributed by atoms with Crippen LogP contribution in [0.25, 0.3) is 0 Å². The highest BCUT2D eigenvalue weighted by Crippen LogP contribution is 2.31. The molecule has 3 nitrogen and oxygen atoms in total. The molecule has 0 aromatic heterocycles. The third-order valence-corrected chi connectivity index (χ3v) is 3.12. The first-order valence-corrected chi connectivity index (χ1v) is 4.77. The SMILES string of the molecule is CC(C)C1=[N+]([O-])C(C)(C)C(C)(C)[N]1. The lowest BCUT2D eigenvalue weighted by atomic mass is 9.84. The van der Waals surface area contributed by atoms with Crippen LogP contribution in [0, 0.1) is 11.1 Å². The van der Waals surface area contributed by atoms with E-state index in [2.05, 4.69) is 5.32 Å². The van der Waals surface area contributed by atoms with E-state index in [0.717, 1.165) is 4.74 Å². The molecule has 0 aliphatic carbocycles. The first kappa shape index (κ1) is 10.4. The first-order chi connectivity index (χ1) is 5.70. The molecule has 0 aromatic carbocycles. The number of nitrogens with zero attached hydrogens (tertiary/aromatic N) is 2. The number of hydroxylamine groups is 1. The van der Waals surface area contributed by atoms with Gasteiger partial charge in [0, 0.05) is 0 Å². The van der Waals surface area contributed by atoms with Gasteiger partial charge in [-0.1, -0.05) is 19.2 Å². The van der Waals surface area contributed by atoms with Gasteiger partial charge in [-0.2, -0.15) is 0 Å². The summed E-state index contributed by atoms with van der Waals surface area (Å²) in [6.07, 6.45) is 0. The van der Waals surface area contributed by atoms with Crippen LogP contribution in [0.15, 0.2) is 0 Å². The summed E-state index contributed by atoms with van der Waals surface area (Å²) >= 11 is 0. The molecule has 1 rings (SSSR count). The average molecular weight is 183 g/mol. The van der Waals surface area contributed by atoms with Crippen molar-refractivity contribution in [1.29, 1.82) is 0 Å². The van der Waals surface area contributed by atoms with E-state index in [1.165, 1.54) is 0 Å². The Hall–Kier alpha value is -0.730. The fraction of sp³-hybridized carbons (Fsp3) is 0.900. The first-order valence-electron chi connectivity index (χ1n) is 4.77. The molecule has 0 amide bonds. The molecule has 13 heavy (non-hydrogen) atoms. The van der Waals surface area contributed by atoms with Gasteiger partial charge < -0.3 is 5.21 Å². The molecule has 0 fully saturated rings.